The van der Waals surface area contributed by atoms with Crippen molar-refractivity contribution >= 4 is 23.0 Å². The van der Waals surface area contributed by atoms with E-state index in [2.05, 4.69) is 15.3 Å². The Morgan fingerprint density at radius 3 is 2.94 bits per heavy atom. The molecule has 5 nitrogen and oxygen atoms in total. The minimum atomic E-state index is 0.592. The van der Waals surface area contributed by atoms with Gasteiger partial charge in [0.25, 0.3) is 0 Å². The number of carbonyl (C=O) groups is 1. The van der Waals surface area contributed by atoms with Crippen molar-refractivity contribution in [1.29, 1.82) is 0 Å². The van der Waals surface area contributed by atoms with Crippen LogP contribution in [0.4, 0.5) is 0 Å². The summed E-state index contributed by atoms with van der Waals surface area (Å²) in [6.07, 6.45) is 1.66. The molecule has 0 aliphatic rings. The number of carbonyl (C=O) groups excluding carboxylic acids is 1. The Labute approximate surface area is 97.1 Å². The summed E-state index contributed by atoms with van der Waals surface area (Å²) in [6.45, 7) is 2.04. The van der Waals surface area contributed by atoms with Crippen molar-refractivity contribution in [1.82, 2.24) is 19.8 Å². The molecule has 3 aromatic rings. The maximum atomic E-state index is 10.7. The number of fused-ring (bicyclic) bond motifs is 3. The lowest BCUT2D eigenvalue weighted by atomic mass is 10.2. The summed E-state index contributed by atoms with van der Waals surface area (Å²) in [6, 6.07) is 7.22. The van der Waals surface area contributed by atoms with Crippen molar-refractivity contribution in [3.05, 3.63) is 35.5 Å². The average Bonchev–Trinajstić information content (AvgIpc) is 2.81. The van der Waals surface area contributed by atoms with E-state index in [0.717, 1.165) is 29.6 Å². The van der Waals surface area contributed by atoms with Gasteiger partial charge in [0.2, 0.25) is 0 Å². The molecule has 2 aromatic heterocycles. The molecule has 17 heavy (non-hydrogen) atoms. The molecular weight excluding hydrogens is 216 g/mol. The Kier molecular flexibility index (Phi) is 2.11. The highest BCUT2D eigenvalue weighted by Gasteiger charge is 2.06. The summed E-state index contributed by atoms with van der Waals surface area (Å²) >= 11 is 0. The molecule has 0 aliphatic heterocycles. The van der Waals surface area contributed by atoms with Crippen LogP contribution in [0.25, 0.3) is 16.7 Å². The molecule has 0 atom stereocenters. The number of benzene rings is 1. The van der Waals surface area contributed by atoms with Gasteiger partial charge < -0.3 is 0 Å². The lowest BCUT2D eigenvalue weighted by Gasteiger charge is -1.99. The summed E-state index contributed by atoms with van der Waals surface area (Å²) in [5.41, 5.74) is 3.83. The maximum absolute atomic E-state index is 10.7. The van der Waals surface area contributed by atoms with Crippen molar-refractivity contribution in [2.24, 2.45) is 0 Å². The van der Waals surface area contributed by atoms with Crippen LogP contribution in [0.5, 0.6) is 0 Å². The zero-order valence-corrected chi connectivity index (χ0v) is 9.29. The van der Waals surface area contributed by atoms with Gasteiger partial charge in [-0.05, 0) is 24.6 Å². The topological polar surface area (TPSA) is 60.2 Å². The first-order chi connectivity index (χ1) is 8.31. The predicted molar refractivity (Wildman–Crippen MR) is 63.1 cm³/mol. The quantitative estimate of drug-likeness (QED) is 0.623. The van der Waals surface area contributed by atoms with Crippen LogP contribution in [0.1, 0.15) is 23.0 Å². The molecule has 1 aromatic carbocycles. The molecule has 0 saturated carbocycles. The Hall–Kier alpha value is -2.30. The van der Waals surface area contributed by atoms with Crippen LogP contribution >= 0.6 is 0 Å². The van der Waals surface area contributed by atoms with Crippen LogP contribution in [0.15, 0.2) is 24.3 Å². The lowest BCUT2D eigenvalue weighted by Crippen LogP contribution is -1.97. The highest BCUT2D eigenvalue weighted by Crippen LogP contribution is 2.14. The number of aromatic nitrogens is 4. The Bertz CT molecular complexity index is 717. The van der Waals surface area contributed by atoms with Gasteiger partial charge in [0, 0.05) is 11.6 Å². The van der Waals surface area contributed by atoms with E-state index >= 15 is 0 Å². The first-order valence-corrected chi connectivity index (χ1v) is 5.42. The summed E-state index contributed by atoms with van der Waals surface area (Å²) in [4.78, 5) is 10.7. The van der Waals surface area contributed by atoms with E-state index < -0.39 is 0 Å². The fourth-order valence-corrected chi connectivity index (χ4v) is 1.82. The van der Waals surface area contributed by atoms with Crippen molar-refractivity contribution in [3.63, 3.8) is 0 Å². The number of hydrogen-bond acceptors (Lipinski definition) is 4. The first-order valence-electron chi connectivity index (χ1n) is 5.42. The Balaban J connectivity index is 2.38. The highest BCUT2D eigenvalue weighted by molar-refractivity contribution is 5.85. The van der Waals surface area contributed by atoms with Crippen LogP contribution in [-0.2, 0) is 6.42 Å². The van der Waals surface area contributed by atoms with Crippen LogP contribution in [0.3, 0.4) is 0 Å². The van der Waals surface area contributed by atoms with E-state index in [1.165, 1.54) is 0 Å². The second-order valence-electron chi connectivity index (χ2n) is 3.83. The number of aldehydes is 1. The van der Waals surface area contributed by atoms with E-state index in [9.17, 15) is 4.79 Å². The van der Waals surface area contributed by atoms with Crippen LogP contribution in [0.2, 0.25) is 0 Å². The third-order valence-corrected chi connectivity index (χ3v) is 2.73. The molecule has 84 valence electrons. The molecule has 0 spiro atoms. The fourth-order valence-electron chi connectivity index (χ4n) is 1.82. The molecule has 5 heteroatoms. The molecule has 0 radical (unpaired) electrons. The molecular formula is C12H10N4O. The molecule has 0 bridgehead atoms. The van der Waals surface area contributed by atoms with E-state index in [-0.39, 0.29) is 0 Å². The molecule has 0 aliphatic carbocycles. The van der Waals surface area contributed by atoms with Gasteiger partial charge in [-0.15, -0.1) is 10.2 Å². The standard InChI is InChI=1S/C12H10N4O/c1-2-9-6-12-14-13-10-5-8(7-17)3-4-11(10)16(12)15-9/h3-7H,2H2,1H3. The smallest absolute Gasteiger partial charge is 0.178 e. The summed E-state index contributed by atoms with van der Waals surface area (Å²) in [5, 5.41) is 12.6. The SMILES string of the molecule is CCc1cc2nnc3cc(C=O)ccc3n2n1. The number of nitrogens with zero attached hydrogens (tertiary/aromatic N) is 4. The Morgan fingerprint density at radius 2 is 2.18 bits per heavy atom. The van der Waals surface area contributed by atoms with Gasteiger partial charge in [-0.2, -0.15) is 5.10 Å². The number of aryl methyl sites for hydroxylation is 1. The number of hydrogen-bond donors (Lipinski definition) is 0. The minimum absolute atomic E-state index is 0.592. The monoisotopic (exact) mass is 226 g/mol. The van der Waals surface area contributed by atoms with Gasteiger partial charge in [0.05, 0.1) is 11.2 Å². The molecule has 0 fully saturated rings. The average molecular weight is 226 g/mol. The molecule has 0 amide bonds. The third-order valence-electron chi connectivity index (χ3n) is 2.73. The molecule has 0 N–H and O–H groups in total. The van der Waals surface area contributed by atoms with Gasteiger partial charge in [-0.25, -0.2) is 4.52 Å². The van der Waals surface area contributed by atoms with E-state index in [4.69, 9.17) is 0 Å². The van der Waals surface area contributed by atoms with Gasteiger partial charge in [-0.3, -0.25) is 4.79 Å². The number of rotatable bonds is 2. The zero-order chi connectivity index (χ0) is 11.8. The zero-order valence-electron chi connectivity index (χ0n) is 9.29. The molecule has 2 heterocycles. The van der Waals surface area contributed by atoms with E-state index in [1.807, 2.05) is 19.1 Å². The molecule has 0 saturated heterocycles. The minimum Gasteiger partial charge on any atom is -0.298 e. The summed E-state index contributed by atoms with van der Waals surface area (Å²) in [5.74, 6) is 0. The van der Waals surface area contributed by atoms with Crippen LogP contribution in [0, 0.1) is 0 Å². The van der Waals surface area contributed by atoms with E-state index in [0.29, 0.717) is 11.1 Å². The third kappa shape index (κ3) is 1.47. The summed E-state index contributed by atoms with van der Waals surface area (Å²) in [7, 11) is 0. The van der Waals surface area contributed by atoms with Gasteiger partial charge in [0.15, 0.2) is 5.65 Å². The largest absolute Gasteiger partial charge is 0.298 e. The summed E-state index contributed by atoms with van der Waals surface area (Å²) < 4.78 is 1.76. The first kappa shape index (κ1) is 9.89. The molecule has 3 rings (SSSR count). The van der Waals surface area contributed by atoms with Gasteiger partial charge in [0.1, 0.15) is 11.8 Å². The van der Waals surface area contributed by atoms with Crippen molar-refractivity contribution in [3.8, 4) is 0 Å². The second kappa shape index (κ2) is 3.62. The van der Waals surface area contributed by atoms with Crippen LogP contribution < -0.4 is 0 Å². The van der Waals surface area contributed by atoms with Crippen molar-refractivity contribution in [2.75, 3.05) is 0 Å². The van der Waals surface area contributed by atoms with Gasteiger partial charge >= 0.3 is 0 Å². The van der Waals surface area contributed by atoms with Gasteiger partial charge in [-0.1, -0.05) is 6.92 Å². The normalized spacial score (nSPS) is 11.1. The highest BCUT2D eigenvalue weighted by atomic mass is 16.1. The maximum Gasteiger partial charge on any atom is 0.178 e. The van der Waals surface area contributed by atoms with Crippen LogP contribution in [-0.4, -0.2) is 26.1 Å². The second-order valence-corrected chi connectivity index (χ2v) is 3.83. The fraction of sp³-hybridized carbons (Fsp3) is 0.167. The predicted octanol–water partition coefficient (Wildman–Crippen LogP) is 1.65. The Morgan fingerprint density at radius 1 is 1.29 bits per heavy atom. The van der Waals surface area contributed by atoms with Crippen molar-refractivity contribution < 1.29 is 4.79 Å². The van der Waals surface area contributed by atoms with E-state index in [1.54, 1.807) is 16.6 Å². The lowest BCUT2D eigenvalue weighted by molar-refractivity contribution is 0.112. The van der Waals surface area contributed by atoms with Crippen molar-refractivity contribution in [2.45, 2.75) is 13.3 Å². The molecule has 0 unspecified atom stereocenters.